The summed E-state index contributed by atoms with van der Waals surface area (Å²) < 4.78 is 4.25. The molecule has 0 saturated heterocycles. The maximum Gasteiger partial charge on any atom is 0.157 e. The Balaban J connectivity index is 1.35. The summed E-state index contributed by atoms with van der Waals surface area (Å²) in [5, 5.41) is 9.13. The molecule has 0 saturated carbocycles. The zero-order chi connectivity index (χ0) is 16.5. The van der Waals surface area contributed by atoms with Gasteiger partial charge < -0.3 is 9.88 Å². The number of pyridine rings is 1. The topological polar surface area (TPSA) is 60.6 Å². The lowest BCUT2D eigenvalue weighted by molar-refractivity contribution is 0.347. The third-order valence-corrected chi connectivity index (χ3v) is 4.77. The molecule has 0 amide bonds. The molecule has 0 spiro atoms. The molecule has 4 rings (SSSR count). The summed E-state index contributed by atoms with van der Waals surface area (Å²) in [5.41, 5.74) is 2.18. The highest BCUT2D eigenvalue weighted by Crippen LogP contribution is 2.19. The zero-order valence-electron chi connectivity index (χ0n) is 14.3. The van der Waals surface area contributed by atoms with Crippen molar-refractivity contribution in [3.63, 3.8) is 0 Å². The number of rotatable bonds is 5. The number of aryl methyl sites for hydroxylation is 1. The Morgan fingerprint density at radius 2 is 2.21 bits per heavy atom. The molecule has 0 aliphatic carbocycles. The molecule has 6 nitrogen and oxygen atoms in total. The predicted octanol–water partition coefficient (Wildman–Crippen LogP) is 2.56. The van der Waals surface area contributed by atoms with E-state index in [0.29, 0.717) is 12.0 Å². The third kappa shape index (κ3) is 2.94. The van der Waals surface area contributed by atoms with Gasteiger partial charge in [-0.1, -0.05) is 0 Å². The molecule has 1 N–H and O–H groups in total. The molecule has 0 radical (unpaired) electrons. The zero-order valence-corrected chi connectivity index (χ0v) is 14.3. The number of hydrogen-bond donors (Lipinski definition) is 1. The predicted molar refractivity (Wildman–Crippen MR) is 93.7 cm³/mol. The molecule has 0 bridgehead atoms. The number of hydrogen-bond acceptors (Lipinski definition) is 4. The lowest BCUT2D eigenvalue weighted by Crippen LogP contribution is -2.29. The van der Waals surface area contributed by atoms with Gasteiger partial charge in [0.05, 0.1) is 6.20 Å². The van der Waals surface area contributed by atoms with Crippen LogP contribution in [0, 0.1) is 5.92 Å². The maximum atomic E-state index is 4.60. The van der Waals surface area contributed by atoms with E-state index in [9.17, 15) is 0 Å². The van der Waals surface area contributed by atoms with Gasteiger partial charge in [-0.05, 0) is 44.4 Å². The second kappa shape index (κ2) is 6.36. The van der Waals surface area contributed by atoms with Gasteiger partial charge >= 0.3 is 0 Å². The monoisotopic (exact) mass is 324 g/mol. The second-order valence-corrected chi connectivity index (χ2v) is 6.97. The Hall–Kier alpha value is -2.21. The van der Waals surface area contributed by atoms with Crippen molar-refractivity contribution in [1.29, 1.82) is 0 Å². The minimum atomic E-state index is 0.332. The summed E-state index contributed by atoms with van der Waals surface area (Å²) in [7, 11) is 0. The van der Waals surface area contributed by atoms with Crippen LogP contribution in [0.25, 0.3) is 11.0 Å². The van der Waals surface area contributed by atoms with Crippen LogP contribution in [0.5, 0.6) is 0 Å². The van der Waals surface area contributed by atoms with Gasteiger partial charge in [0.15, 0.2) is 5.65 Å². The Morgan fingerprint density at radius 3 is 3.08 bits per heavy atom. The van der Waals surface area contributed by atoms with Crippen molar-refractivity contribution in [2.75, 3.05) is 6.54 Å². The van der Waals surface area contributed by atoms with Gasteiger partial charge in [0.2, 0.25) is 0 Å². The van der Waals surface area contributed by atoms with Crippen molar-refractivity contribution < 1.29 is 0 Å². The lowest BCUT2D eigenvalue weighted by Gasteiger charge is -2.24. The fraction of sp³-hybridized carbons (Fsp3) is 0.500. The molecule has 0 unspecified atom stereocenters. The standard InChI is InChI=1S/C18H24N6/c1-13(2)24-18-16(11-22-24)7-15(10-21-18)9-19-8-14-3-4-17-20-5-6-23(17)12-14/h5-7,10-11,13-14,19H,3-4,8-9,12H2,1-2H3/t14-/m0/s1. The molecule has 3 aromatic heterocycles. The van der Waals surface area contributed by atoms with Gasteiger partial charge in [0.25, 0.3) is 0 Å². The summed E-state index contributed by atoms with van der Waals surface area (Å²) in [4.78, 5) is 8.99. The molecule has 0 aromatic carbocycles. The fourth-order valence-corrected chi connectivity index (χ4v) is 3.48. The van der Waals surface area contributed by atoms with E-state index in [4.69, 9.17) is 0 Å². The van der Waals surface area contributed by atoms with Crippen LogP contribution in [0.3, 0.4) is 0 Å². The smallest absolute Gasteiger partial charge is 0.157 e. The van der Waals surface area contributed by atoms with Crippen LogP contribution in [-0.2, 0) is 19.5 Å². The molecule has 4 heterocycles. The van der Waals surface area contributed by atoms with Crippen molar-refractivity contribution in [2.24, 2.45) is 5.92 Å². The number of nitrogens with one attached hydrogen (secondary N) is 1. The van der Waals surface area contributed by atoms with Crippen molar-refractivity contribution in [2.45, 2.75) is 45.8 Å². The van der Waals surface area contributed by atoms with Crippen LogP contribution in [-0.4, -0.2) is 30.9 Å². The molecule has 1 aliphatic rings. The van der Waals surface area contributed by atoms with Crippen molar-refractivity contribution in [3.8, 4) is 0 Å². The van der Waals surface area contributed by atoms with Gasteiger partial charge in [-0.2, -0.15) is 5.10 Å². The summed E-state index contributed by atoms with van der Waals surface area (Å²) in [5.74, 6) is 1.90. The van der Waals surface area contributed by atoms with Crippen molar-refractivity contribution in [3.05, 3.63) is 42.2 Å². The summed E-state index contributed by atoms with van der Waals surface area (Å²) >= 11 is 0. The van der Waals surface area contributed by atoms with E-state index in [1.54, 1.807) is 0 Å². The first kappa shape index (κ1) is 15.3. The average Bonchev–Trinajstić information content (AvgIpc) is 3.20. The summed E-state index contributed by atoms with van der Waals surface area (Å²) in [6.07, 6.45) is 10.2. The van der Waals surface area contributed by atoms with E-state index in [0.717, 1.165) is 37.1 Å². The minimum absolute atomic E-state index is 0.332. The van der Waals surface area contributed by atoms with Crippen LogP contribution in [0.15, 0.2) is 30.9 Å². The highest BCUT2D eigenvalue weighted by molar-refractivity contribution is 5.75. The quantitative estimate of drug-likeness (QED) is 0.783. The van der Waals surface area contributed by atoms with E-state index >= 15 is 0 Å². The molecule has 6 heteroatoms. The number of imidazole rings is 1. The van der Waals surface area contributed by atoms with Gasteiger partial charge in [0.1, 0.15) is 5.82 Å². The molecule has 1 aliphatic heterocycles. The SMILES string of the molecule is CC(C)n1ncc2cc(CNC[C@@H]3CCc4nccn4C3)cnc21. The molecule has 0 fully saturated rings. The van der Waals surface area contributed by atoms with Gasteiger partial charge in [0, 0.05) is 49.5 Å². The van der Waals surface area contributed by atoms with Crippen LogP contribution in [0.4, 0.5) is 0 Å². The average molecular weight is 324 g/mol. The van der Waals surface area contributed by atoms with Gasteiger partial charge in [-0.15, -0.1) is 0 Å². The van der Waals surface area contributed by atoms with E-state index < -0.39 is 0 Å². The number of fused-ring (bicyclic) bond motifs is 2. The van der Waals surface area contributed by atoms with E-state index in [1.807, 2.05) is 23.3 Å². The normalized spacial score (nSPS) is 17.5. The molecule has 3 aromatic rings. The van der Waals surface area contributed by atoms with Crippen molar-refractivity contribution in [1.82, 2.24) is 29.6 Å². The van der Waals surface area contributed by atoms with Crippen LogP contribution < -0.4 is 5.32 Å². The highest BCUT2D eigenvalue weighted by Gasteiger charge is 2.18. The minimum Gasteiger partial charge on any atom is -0.335 e. The highest BCUT2D eigenvalue weighted by atomic mass is 15.3. The first-order valence-electron chi connectivity index (χ1n) is 8.73. The Labute approximate surface area is 141 Å². The molecular weight excluding hydrogens is 300 g/mol. The number of nitrogens with zero attached hydrogens (tertiary/aromatic N) is 5. The Morgan fingerprint density at radius 1 is 1.29 bits per heavy atom. The second-order valence-electron chi connectivity index (χ2n) is 6.97. The first-order chi connectivity index (χ1) is 11.7. The van der Waals surface area contributed by atoms with E-state index in [2.05, 4.69) is 51.1 Å². The van der Waals surface area contributed by atoms with Crippen LogP contribution >= 0.6 is 0 Å². The van der Waals surface area contributed by atoms with Gasteiger partial charge in [-0.25, -0.2) is 14.6 Å². The molecule has 1 atom stereocenters. The van der Waals surface area contributed by atoms with Crippen LogP contribution in [0.1, 0.15) is 37.7 Å². The Bertz CT molecular complexity index is 831. The lowest BCUT2D eigenvalue weighted by atomic mass is 9.99. The van der Waals surface area contributed by atoms with Gasteiger partial charge in [-0.3, -0.25) is 0 Å². The van der Waals surface area contributed by atoms with E-state index in [1.165, 1.54) is 17.8 Å². The Kier molecular flexibility index (Phi) is 4.06. The first-order valence-corrected chi connectivity index (χ1v) is 8.73. The summed E-state index contributed by atoms with van der Waals surface area (Å²) in [6, 6.07) is 2.52. The van der Waals surface area contributed by atoms with Crippen LogP contribution in [0.2, 0.25) is 0 Å². The number of aromatic nitrogens is 5. The molecule has 24 heavy (non-hydrogen) atoms. The maximum absolute atomic E-state index is 4.60. The largest absolute Gasteiger partial charge is 0.335 e. The summed E-state index contributed by atoms with van der Waals surface area (Å²) in [6.45, 7) is 7.20. The third-order valence-electron chi connectivity index (χ3n) is 4.77. The fourth-order valence-electron chi connectivity index (χ4n) is 3.48. The molecular formula is C18H24N6. The van der Waals surface area contributed by atoms with Crippen molar-refractivity contribution >= 4 is 11.0 Å². The molecule has 126 valence electrons. The van der Waals surface area contributed by atoms with E-state index in [-0.39, 0.29) is 0 Å².